The smallest absolute Gasteiger partial charge is 0.159 e. The van der Waals surface area contributed by atoms with E-state index in [9.17, 15) is 13.2 Å². The van der Waals surface area contributed by atoms with Crippen LogP contribution in [0.4, 0.5) is 13.2 Å². The quantitative estimate of drug-likeness (QED) is 0.520. The third kappa shape index (κ3) is 4.60. The first-order chi connectivity index (χ1) is 12.0. The summed E-state index contributed by atoms with van der Waals surface area (Å²) in [4.78, 5) is 0. The Morgan fingerprint density at radius 2 is 1.56 bits per heavy atom. The van der Waals surface area contributed by atoms with Crippen molar-refractivity contribution in [3.05, 3.63) is 35.4 Å². The SMILES string of the molecule is CCCCC1(F)CCC([C@H]2CC[C@H](c3ccc(F)c(F)c3)CC2)CC1. The van der Waals surface area contributed by atoms with Gasteiger partial charge in [-0.2, -0.15) is 0 Å². The van der Waals surface area contributed by atoms with Gasteiger partial charge in [0.1, 0.15) is 5.67 Å². The molecule has 2 aliphatic rings. The molecule has 0 unspecified atom stereocenters. The van der Waals surface area contributed by atoms with Crippen molar-refractivity contribution >= 4 is 0 Å². The summed E-state index contributed by atoms with van der Waals surface area (Å²) in [6.45, 7) is 2.13. The molecule has 0 spiro atoms. The molecule has 0 heterocycles. The van der Waals surface area contributed by atoms with Crippen LogP contribution in [0.5, 0.6) is 0 Å². The molecule has 0 N–H and O–H groups in total. The topological polar surface area (TPSA) is 0 Å². The summed E-state index contributed by atoms with van der Waals surface area (Å²) in [5.74, 6) is 0.198. The second-order valence-corrected chi connectivity index (χ2v) is 8.38. The van der Waals surface area contributed by atoms with Crippen LogP contribution in [-0.2, 0) is 0 Å². The Labute approximate surface area is 150 Å². The lowest BCUT2D eigenvalue weighted by molar-refractivity contribution is 0.0486. The number of alkyl halides is 1. The fraction of sp³-hybridized carbons (Fsp3) is 0.727. The fourth-order valence-electron chi connectivity index (χ4n) is 5.06. The van der Waals surface area contributed by atoms with Gasteiger partial charge in [0.25, 0.3) is 0 Å². The van der Waals surface area contributed by atoms with Crippen molar-refractivity contribution in [3.8, 4) is 0 Å². The molecule has 2 fully saturated rings. The van der Waals surface area contributed by atoms with Gasteiger partial charge in [-0.15, -0.1) is 0 Å². The summed E-state index contributed by atoms with van der Waals surface area (Å²) in [7, 11) is 0. The van der Waals surface area contributed by atoms with Crippen LogP contribution < -0.4 is 0 Å². The maximum absolute atomic E-state index is 14.8. The van der Waals surface area contributed by atoms with Gasteiger partial charge in [0.15, 0.2) is 11.6 Å². The highest BCUT2D eigenvalue weighted by atomic mass is 19.2. The molecule has 3 heteroatoms. The Morgan fingerprint density at radius 1 is 0.920 bits per heavy atom. The van der Waals surface area contributed by atoms with Crippen molar-refractivity contribution in [2.45, 2.75) is 89.1 Å². The molecule has 1 aromatic rings. The third-order valence-electron chi connectivity index (χ3n) is 6.76. The number of halogens is 3. The second-order valence-electron chi connectivity index (χ2n) is 8.38. The molecule has 0 saturated heterocycles. The Hall–Kier alpha value is -0.990. The maximum Gasteiger partial charge on any atom is 0.159 e. The highest BCUT2D eigenvalue weighted by molar-refractivity contribution is 5.22. The average molecular weight is 352 g/mol. The van der Waals surface area contributed by atoms with Gasteiger partial charge in [-0.3, -0.25) is 0 Å². The normalized spacial score (nSPS) is 33.4. The summed E-state index contributed by atoms with van der Waals surface area (Å²) < 4.78 is 41.3. The van der Waals surface area contributed by atoms with Gasteiger partial charge in [-0.05, 0) is 93.2 Å². The fourth-order valence-corrected chi connectivity index (χ4v) is 5.06. The van der Waals surface area contributed by atoms with Crippen LogP contribution in [0.3, 0.4) is 0 Å². The van der Waals surface area contributed by atoms with Crippen molar-refractivity contribution in [2.24, 2.45) is 11.8 Å². The van der Waals surface area contributed by atoms with E-state index in [2.05, 4.69) is 6.92 Å². The van der Waals surface area contributed by atoms with Crippen molar-refractivity contribution < 1.29 is 13.2 Å². The number of hydrogen-bond donors (Lipinski definition) is 0. The lowest BCUT2D eigenvalue weighted by atomic mass is 9.67. The molecular formula is C22H31F3. The zero-order valence-corrected chi connectivity index (χ0v) is 15.4. The first-order valence-electron chi connectivity index (χ1n) is 10.1. The lowest BCUT2D eigenvalue weighted by Gasteiger charge is -2.40. The predicted molar refractivity (Wildman–Crippen MR) is 96.4 cm³/mol. The predicted octanol–water partition coefficient (Wildman–Crippen LogP) is 7.33. The van der Waals surface area contributed by atoms with E-state index in [-0.39, 0.29) is 0 Å². The maximum atomic E-state index is 14.8. The Morgan fingerprint density at radius 3 is 2.16 bits per heavy atom. The second kappa shape index (κ2) is 8.14. The minimum atomic E-state index is -0.907. The largest absolute Gasteiger partial charge is 0.244 e. The molecule has 0 nitrogen and oxygen atoms in total. The van der Waals surface area contributed by atoms with E-state index in [1.54, 1.807) is 6.07 Å². The van der Waals surface area contributed by atoms with Crippen LogP contribution in [0.15, 0.2) is 18.2 Å². The first-order valence-corrected chi connectivity index (χ1v) is 10.1. The third-order valence-corrected chi connectivity index (χ3v) is 6.76. The summed E-state index contributed by atoms with van der Waals surface area (Å²) in [5, 5.41) is 0. The molecule has 1 aromatic carbocycles. The summed E-state index contributed by atoms with van der Waals surface area (Å²) in [6.07, 6.45) is 10.7. The van der Waals surface area contributed by atoms with Crippen molar-refractivity contribution in [3.63, 3.8) is 0 Å². The van der Waals surface area contributed by atoms with E-state index in [1.165, 1.54) is 12.1 Å². The molecule has 3 rings (SSSR count). The first kappa shape index (κ1) is 18.8. The summed E-state index contributed by atoms with van der Waals surface area (Å²) in [5.41, 5.74) is 0.0263. The van der Waals surface area contributed by atoms with E-state index >= 15 is 0 Å². The monoisotopic (exact) mass is 352 g/mol. The Balaban J connectivity index is 1.49. The highest BCUT2D eigenvalue weighted by Gasteiger charge is 2.38. The van der Waals surface area contributed by atoms with E-state index in [0.29, 0.717) is 17.8 Å². The molecule has 140 valence electrons. The molecule has 2 aliphatic carbocycles. The van der Waals surface area contributed by atoms with E-state index in [4.69, 9.17) is 0 Å². The van der Waals surface area contributed by atoms with Gasteiger partial charge in [-0.25, -0.2) is 13.2 Å². The van der Waals surface area contributed by atoms with Crippen LogP contribution in [-0.4, -0.2) is 5.67 Å². The lowest BCUT2D eigenvalue weighted by Crippen LogP contribution is -2.33. The highest BCUT2D eigenvalue weighted by Crippen LogP contribution is 2.46. The van der Waals surface area contributed by atoms with Gasteiger partial charge in [0, 0.05) is 0 Å². The van der Waals surface area contributed by atoms with E-state index in [1.807, 2.05) is 0 Å². The number of hydrogen-bond acceptors (Lipinski definition) is 0. The van der Waals surface area contributed by atoms with Crippen molar-refractivity contribution in [1.29, 1.82) is 0 Å². The molecule has 2 saturated carbocycles. The zero-order valence-electron chi connectivity index (χ0n) is 15.4. The van der Waals surface area contributed by atoms with Gasteiger partial charge >= 0.3 is 0 Å². The van der Waals surface area contributed by atoms with Crippen molar-refractivity contribution in [2.75, 3.05) is 0 Å². The molecular weight excluding hydrogens is 321 g/mol. The van der Waals surface area contributed by atoms with E-state index in [0.717, 1.165) is 76.2 Å². The van der Waals surface area contributed by atoms with Crippen LogP contribution in [0.1, 0.15) is 89.0 Å². The van der Waals surface area contributed by atoms with Crippen LogP contribution in [0.25, 0.3) is 0 Å². The molecule has 0 bridgehead atoms. The average Bonchev–Trinajstić information content (AvgIpc) is 2.63. The molecule has 0 atom stereocenters. The Kier molecular flexibility index (Phi) is 6.12. The van der Waals surface area contributed by atoms with Gasteiger partial charge in [0.05, 0.1) is 0 Å². The van der Waals surface area contributed by atoms with Crippen LogP contribution in [0, 0.1) is 23.5 Å². The number of benzene rings is 1. The standard InChI is InChI=1S/C22H31F3/c1-2-3-12-22(25)13-10-18(11-14-22)16-4-6-17(7-5-16)19-8-9-20(23)21(24)15-19/h8-9,15-18H,2-7,10-14H2,1H3/t16-,17-,18?,22?. The van der Waals surface area contributed by atoms with Gasteiger partial charge < -0.3 is 0 Å². The zero-order chi connectivity index (χ0) is 17.9. The van der Waals surface area contributed by atoms with Crippen LogP contribution >= 0.6 is 0 Å². The van der Waals surface area contributed by atoms with Crippen LogP contribution in [0.2, 0.25) is 0 Å². The Bertz CT molecular complexity index is 552. The molecule has 0 aromatic heterocycles. The molecule has 0 amide bonds. The summed E-state index contributed by atoms with van der Waals surface area (Å²) in [6, 6.07) is 4.34. The molecule has 0 radical (unpaired) electrons. The van der Waals surface area contributed by atoms with Gasteiger partial charge in [0.2, 0.25) is 0 Å². The number of rotatable bonds is 5. The minimum Gasteiger partial charge on any atom is -0.244 e. The minimum absolute atomic E-state index is 0.347. The molecule has 25 heavy (non-hydrogen) atoms. The summed E-state index contributed by atoms with van der Waals surface area (Å²) >= 11 is 0. The van der Waals surface area contributed by atoms with Gasteiger partial charge in [-0.1, -0.05) is 25.8 Å². The number of unbranched alkanes of at least 4 members (excludes halogenated alkanes) is 1. The molecule has 0 aliphatic heterocycles. The van der Waals surface area contributed by atoms with E-state index < -0.39 is 17.3 Å². The van der Waals surface area contributed by atoms with Crippen molar-refractivity contribution in [1.82, 2.24) is 0 Å².